The number of nitrogens with zero attached hydrogens (tertiary/aromatic N) is 2. The van der Waals surface area contributed by atoms with E-state index in [0.717, 1.165) is 50.3 Å². The summed E-state index contributed by atoms with van der Waals surface area (Å²) >= 11 is 0. The Balaban J connectivity index is 1.15. The molecule has 0 saturated carbocycles. The molecule has 1 aliphatic carbocycles. The molecule has 2 N–H and O–H groups in total. The smallest absolute Gasteiger partial charge is 0.0706 e. The Morgan fingerprint density at radius 3 is 2.38 bits per heavy atom. The molecule has 1 atom stereocenters. The van der Waals surface area contributed by atoms with Crippen LogP contribution in [0.15, 0.2) is 91.1 Å². The topological polar surface area (TPSA) is 49.8 Å². The van der Waals surface area contributed by atoms with Crippen molar-refractivity contribution < 1.29 is 0 Å². The molecule has 2 aromatic heterocycles. The van der Waals surface area contributed by atoms with E-state index in [2.05, 4.69) is 88.4 Å². The van der Waals surface area contributed by atoms with Gasteiger partial charge in [0.1, 0.15) is 0 Å². The highest BCUT2D eigenvalue weighted by atomic mass is 14.9. The van der Waals surface area contributed by atoms with Gasteiger partial charge in [-0.1, -0.05) is 66.7 Å². The second-order valence-corrected chi connectivity index (χ2v) is 9.00. The predicted molar refractivity (Wildman–Crippen MR) is 138 cm³/mol. The third-order valence-corrected chi connectivity index (χ3v) is 6.54. The van der Waals surface area contributed by atoms with Crippen LogP contribution in [0.25, 0.3) is 11.3 Å². The molecule has 0 fully saturated rings. The monoisotopic (exact) mass is 448 g/mol. The van der Waals surface area contributed by atoms with Crippen LogP contribution in [0.5, 0.6) is 0 Å². The number of hydrogen-bond donors (Lipinski definition) is 2. The van der Waals surface area contributed by atoms with Crippen molar-refractivity contribution in [1.82, 2.24) is 20.6 Å². The van der Waals surface area contributed by atoms with Crippen molar-refractivity contribution in [1.29, 1.82) is 0 Å². The highest BCUT2D eigenvalue weighted by Gasteiger charge is 2.22. The first-order valence-corrected chi connectivity index (χ1v) is 12.3. The third-order valence-electron chi connectivity index (χ3n) is 6.54. The van der Waals surface area contributed by atoms with Gasteiger partial charge in [-0.3, -0.25) is 9.97 Å². The molecule has 0 spiro atoms. The number of hydrogen-bond acceptors (Lipinski definition) is 4. The zero-order chi connectivity index (χ0) is 23.0. The summed E-state index contributed by atoms with van der Waals surface area (Å²) in [6, 6.07) is 30.2. The lowest BCUT2D eigenvalue weighted by Crippen LogP contribution is -2.26. The van der Waals surface area contributed by atoms with Gasteiger partial charge in [0.15, 0.2) is 0 Å². The van der Waals surface area contributed by atoms with Crippen LogP contribution < -0.4 is 10.6 Å². The van der Waals surface area contributed by atoms with Gasteiger partial charge in [-0.05, 0) is 54.2 Å². The van der Waals surface area contributed by atoms with Crippen LogP contribution in [0.3, 0.4) is 0 Å². The van der Waals surface area contributed by atoms with Gasteiger partial charge < -0.3 is 10.6 Å². The molecule has 2 heterocycles. The summed E-state index contributed by atoms with van der Waals surface area (Å²) in [5, 5.41) is 7.30. The zero-order valence-electron chi connectivity index (χ0n) is 19.6. The van der Waals surface area contributed by atoms with Gasteiger partial charge in [0, 0.05) is 43.5 Å². The average molecular weight is 449 g/mol. The molecule has 0 aliphatic heterocycles. The molecule has 5 rings (SSSR count). The van der Waals surface area contributed by atoms with E-state index in [0.29, 0.717) is 6.04 Å². The normalized spacial score (nSPS) is 15.1. The summed E-state index contributed by atoms with van der Waals surface area (Å²) in [7, 11) is 0. The molecule has 0 radical (unpaired) electrons. The fourth-order valence-corrected chi connectivity index (χ4v) is 4.63. The second-order valence-electron chi connectivity index (χ2n) is 9.00. The Kier molecular flexibility index (Phi) is 7.39. The largest absolute Gasteiger partial charge is 0.312 e. The van der Waals surface area contributed by atoms with E-state index >= 15 is 0 Å². The first kappa shape index (κ1) is 22.5. The molecular formula is C30H32N4. The number of fused-ring (bicyclic) bond motifs is 1. The predicted octanol–water partition coefficient (Wildman–Crippen LogP) is 5.64. The van der Waals surface area contributed by atoms with E-state index in [-0.39, 0.29) is 0 Å². The summed E-state index contributed by atoms with van der Waals surface area (Å²) in [5.41, 5.74) is 8.60. The molecule has 2 aromatic carbocycles. The Morgan fingerprint density at radius 2 is 1.59 bits per heavy atom. The standard InChI is InChI=1S/C30H32N4/c1-2-7-25(8-3-1)28-17-16-26-9-6-11-29(30(26)34-28)33-22-24-14-12-23(13-15-24)21-31-20-18-27-10-4-5-19-32-27/h1-5,7-8,10,12-17,19,29,31,33H,6,9,11,18,20-22H2. The minimum atomic E-state index is 0.306. The van der Waals surface area contributed by atoms with Gasteiger partial charge >= 0.3 is 0 Å². The Morgan fingerprint density at radius 1 is 0.794 bits per heavy atom. The van der Waals surface area contributed by atoms with Gasteiger partial charge in [-0.25, -0.2) is 0 Å². The van der Waals surface area contributed by atoms with E-state index in [1.54, 1.807) is 0 Å². The van der Waals surface area contributed by atoms with E-state index in [4.69, 9.17) is 4.98 Å². The molecule has 0 bridgehead atoms. The molecule has 4 heteroatoms. The van der Waals surface area contributed by atoms with Gasteiger partial charge in [0.25, 0.3) is 0 Å². The van der Waals surface area contributed by atoms with Crippen molar-refractivity contribution in [3.63, 3.8) is 0 Å². The first-order valence-electron chi connectivity index (χ1n) is 12.3. The van der Waals surface area contributed by atoms with Gasteiger partial charge in [-0.2, -0.15) is 0 Å². The maximum Gasteiger partial charge on any atom is 0.0706 e. The van der Waals surface area contributed by atoms with E-state index in [1.165, 1.54) is 34.4 Å². The molecular weight excluding hydrogens is 416 g/mol. The average Bonchev–Trinajstić information content (AvgIpc) is 2.91. The first-order chi connectivity index (χ1) is 16.8. The van der Waals surface area contributed by atoms with Crippen LogP contribution in [0.1, 0.15) is 47.0 Å². The highest BCUT2D eigenvalue weighted by molar-refractivity contribution is 5.59. The summed E-state index contributed by atoms with van der Waals surface area (Å²) in [6.45, 7) is 2.66. The van der Waals surface area contributed by atoms with Crippen molar-refractivity contribution in [3.05, 3.63) is 119 Å². The highest BCUT2D eigenvalue weighted by Crippen LogP contribution is 2.31. The van der Waals surface area contributed by atoms with Crippen molar-refractivity contribution >= 4 is 0 Å². The lowest BCUT2D eigenvalue weighted by Gasteiger charge is -2.26. The molecule has 34 heavy (non-hydrogen) atoms. The van der Waals surface area contributed by atoms with E-state index < -0.39 is 0 Å². The van der Waals surface area contributed by atoms with Crippen molar-refractivity contribution in [3.8, 4) is 11.3 Å². The number of aryl methyl sites for hydroxylation is 1. The van der Waals surface area contributed by atoms with Gasteiger partial charge in [-0.15, -0.1) is 0 Å². The van der Waals surface area contributed by atoms with Crippen LogP contribution in [0.2, 0.25) is 0 Å². The Hall–Kier alpha value is -3.34. The summed E-state index contributed by atoms with van der Waals surface area (Å²) in [4.78, 5) is 9.46. The van der Waals surface area contributed by atoms with Crippen LogP contribution in [-0.4, -0.2) is 16.5 Å². The minimum absolute atomic E-state index is 0.306. The zero-order valence-corrected chi connectivity index (χ0v) is 19.6. The van der Waals surface area contributed by atoms with E-state index in [1.807, 2.05) is 18.3 Å². The van der Waals surface area contributed by atoms with E-state index in [9.17, 15) is 0 Å². The minimum Gasteiger partial charge on any atom is -0.312 e. The second kappa shape index (κ2) is 11.2. The number of nitrogens with one attached hydrogen (secondary N) is 2. The molecule has 1 unspecified atom stereocenters. The molecule has 4 aromatic rings. The fraction of sp³-hybridized carbons (Fsp3) is 0.267. The van der Waals surface area contributed by atoms with Crippen molar-refractivity contribution in [2.24, 2.45) is 0 Å². The Bertz CT molecular complexity index is 1170. The fourth-order valence-electron chi connectivity index (χ4n) is 4.63. The van der Waals surface area contributed by atoms with Crippen LogP contribution in [0.4, 0.5) is 0 Å². The maximum atomic E-state index is 5.08. The van der Waals surface area contributed by atoms with Gasteiger partial charge in [0.05, 0.1) is 17.4 Å². The molecule has 0 saturated heterocycles. The molecule has 172 valence electrons. The summed E-state index contributed by atoms with van der Waals surface area (Å²) in [6.07, 6.45) is 6.27. The van der Waals surface area contributed by atoms with Crippen LogP contribution in [-0.2, 0) is 25.9 Å². The maximum absolute atomic E-state index is 5.08. The molecule has 4 nitrogen and oxygen atoms in total. The lowest BCUT2D eigenvalue weighted by molar-refractivity contribution is 0.448. The lowest BCUT2D eigenvalue weighted by atomic mass is 9.91. The number of pyridine rings is 2. The molecule has 1 aliphatic rings. The summed E-state index contributed by atoms with van der Waals surface area (Å²) < 4.78 is 0. The number of aromatic nitrogens is 2. The van der Waals surface area contributed by atoms with Crippen LogP contribution >= 0.6 is 0 Å². The number of benzene rings is 2. The summed E-state index contributed by atoms with van der Waals surface area (Å²) in [5.74, 6) is 0. The van der Waals surface area contributed by atoms with Crippen molar-refractivity contribution in [2.75, 3.05) is 6.54 Å². The SMILES string of the molecule is c1ccc(-c2ccc3c(n2)C(NCc2ccc(CNCCc4ccccn4)cc2)CCC3)cc1. The van der Waals surface area contributed by atoms with Gasteiger partial charge in [0.2, 0.25) is 0 Å². The third kappa shape index (κ3) is 5.77. The number of rotatable bonds is 9. The Labute approximate surface area is 202 Å². The molecule has 0 amide bonds. The quantitative estimate of drug-likeness (QED) is 0.325. The van der Waals surface area contributed by atoms with Crippen LogP contribution in [0, 0.1) is 0 Å². The van der Waals surface area contributed by atoms with Crippen molar-refractivity contribution in [2.45, 2.75) is 44.8 Å².